The summed E-state index contributed by atoms with van der Waals surface area (Å²) in [6.07, 6.45) is -3.60. The summed E-state index contributed by atoms with van der Waals surface area (Å²) < 4.78 is 80.0. The lowest BCUT2D eigenvalue weighted by molar-refractivity contribution is -0.137. The Morgan fingerprint density at radius 3 is 2.36 bits per heavy atom. The van der Waals surface area contributed by atoms with Crippen LogP contribution in [0.5, 0.6) is 11.5 Å². The Bertz CT molecular complexity index is 1830. The van der Waals surface area contributed by atoms with Crippen LogP contribution in [0.2, 0.25) is 10.0 Å². The second-order valence-electron chi connectivity index (χ2n) is 9.19. The highest BCUT2D eigenvalue weighted by Crippen LogP contribution is 2.39. The molecular weight excluding hydrogens is 722 g/mol. The lowest BCUT2D eigenvalue weighted by Crippen LogP contribution is -2.39. The van der Waals surface area contributed by atoms with Gasteiger partial charge in [0.15, 0.2) is 11.5 Å². The topological polar surface area (TPSA) is 97.3 Å². The number of nitrogens with zero attached hydrogens (tertiary/aromatic N) is 2. The van der Waals surface area contributed by atoms with Gasteiger partial charge in [0.25, 0.3) is 15.9 Å². The number of hydrazone groups is 1. The average Bonchev–Trinajstić information content (AvgIpc) is 3.00. The van der Waals surface area contributed by atoms with E-state index < -0.39 is 44.9 Å². The Balaban J connectivity index is 1.54. The number of alkyl halides is 3. The van der Waals surface area contributed by atoms with Gasteiger partial charge in [0.1, 0.15) is 13.2 Å². The van der Waals surface area contributed by atoms with E-state index in [1.165, 1.54) is 37.6 Å². The van der Waals surface area contributed by atoms with Crippen LogP contribution in [0.3, 0.4) is 0 Å². The van der Waals surface area contributed by atoms with Gasteiger partial charge in [-0.15, -0.1) is 0 Å². The van der Waals surface area contributed by atoms with Crippen LogP contribution < -0.4 is 19.2 Å². The molecule has 0 bridgehead atoms. The Hall–Kier alpha value is -3.78. The number of sulfonamides is 1. The molecule has 0 atom stereocenters. The molecule has 0 spiro atoms. The summed E-state index contributed by atoms with van der Waals surface area (Å²) >= 11 is 15.4. The van der Waals surface area contributed by atoms with Crippen molar-refractivity contribution >= 4 is 67.0 Å². The maximum absolute atomic E-state index is 13.6. The molecule has 4 aromatic carbocycles. The SMILES string of the molecule is COc1cc(/C=N\NC(=O)CN(c2ccc(Cl)c(C(F)(F)F)c2)S(=O)(=O)c2ccccc2)cc(Br)c1OCc1ccccc1Cl. The van der Waals surface area contributed by atoms with Crippen molar-refractivity contribution < 1.29 is 35.9 Å². The van der Waals surface area contributed by atoms with Crippen LogP contribution in [0.15, 0.2) is 99.4 Å². The fourth-order valence-corrected chi connectivity index (χ4v) is 6.41. The van der Waals surface area contributed by atoms with E-state index in [1.807, 2.05) is 12.1 Å². The zero-order valence-electron chi connectivity index (χ0n) is 23.2. The number of carbonyl (C=O) groups excluding carboxylic acids is 1. The number of carbonyl (C=O) groups is 1. The van der Waals surface area contributed by atoms with Crippen LogP contribution >= 0.6 is 39.1 Å². The Morgan fingerprint density at radius 1 is 1.00 bits per heavy atom. The highest BCUT2D eigenvalue weighted by molar-refractivity contribution is 9.10. The first-order chi connectivity index (χ1) is 21.3. The minimum absolute atomic E-state index is 0.165. The van der Waals surface area contributed by atoms with E-state index in [-0.39, 0.29) is 11.5 Å². The van der Waals surface area contributed by atoms with E-state index in [1.54, 1.807) is 30.3 Å². The summed E-state index contributed by atoms with van der Waals surface area (Å²) in [5, 5.41) is 3.80. The van der Waals surface area contributed by atoms with Gasteiger partial charge in [-0.05, 0) is 70.0 Å². The molecule has 0 aliphatic carbocycles. The molecule has 0 aromatic heterocycles. The number of nitrogens with one attached hydrogen (secondary N) is 1. The van der Waals surface area contributed by atoms with Crippen molar-refractivity contribution in [3.63, 3.8) is 0 Å². The molecule has 8 nitrogen and oxygen atoms in total. The first kappa shape index (κ1) is 34.1. The number of amides is 1. The standard InChI is InChI=1S/C30H23BrCl2F3N3O5S/c1-43-27-14-19(13-24(31)29(27)44-18-20-7-5-6-10-25(20)32)16-37-38-28(40)17-39(45(41,42)22-8-3-2-4-9-22)21-11-12-26(33)23(15-21)30(34,35)36/h2-16H,17-18H2,1H3,(H,38,40)/b37-16-. The molecule has 4 aromatic rings. The maximum Gasteiger partial charge on any atom is 0.417 e. The van der Waals surface area contributed by atoms with Gasteiger partial charge in [0.2, 0.25) is 0 Å². The van der Waals surface area contributed by atoms with Gasteiger partial charge >= 0.3 is 6.18 Å². The van der Waals surface area contributed by atoms with Crippen molar-refractivity contribution in [1.82, 2.24) is 5.43 Å². The van der Waals surface area contributed by atoms with Gasteiger partial charge < -0.3 is 9.47 Å². The maximum atomic E-state index is 13.6. The van der Waals surface area contributed by atoms with Gasteiger partial charge in [-0.3, -0.25) is 9.10 Å². The van der Waals surface area contributed by atoms with E-state index in [0.717, 1.165) is 17.7 Å². The largest absolute Gasteiger partial charge is 0.493 e. The third kappa shape index (κ3) is 8.48. The first-order valence-corrected chi connectivity index (χ1v) is 15.8. The van der Waals surface area contributed by atoms with Crippen molar-refractivity contribution in [2.75, 3.05) is 18.0 Å². The molecule has 1 N–H and O–H groups in total. The van der Waals surface area contributed by atoms with E-state index in [9.17, 15) is 26.4 Å². The van der Waals surface area contributed by atoms with Crippen molar-refractivity contribution in [1.29, 1.82) is 0 Å². The van der Waals surface area contributed by atoms with Crippen molar-refractivity contribution in [3.05, 3.63) is 116 Å². The number of methoxy groups -OCH3 is 1. The number of rotatable bonds is 11. The van der Waals surface area contributed by atoms with E-state index in [2.05, 4.69) is 26.5 Å². The number of halogens is 6. The molecule has 1 amide bonds. The van der Waals surface area contributed by atoms with E-state index in [0.29, 0.717) is 36.9 Å². The molecule has 236 valence electrons. The molecule has 0 saturated carbocycles. The summed E-state index contributed by atoms with van der Waals surface area (Å²) in [7, 11) is -3.04. The fourth-order valence-electron chi connectivity index (χ4n) is 3.98. The monoisotopic (exact) mass is 743 g/mol. The van der Waals surface area contributed by atoms with Crippen LogP contribution in [0.1, 0.15) is 16.7 Å². The summed E-state index contributed by atoms with van der Waals surface area (Å²) in [6, 6.07) is 19.9. The molecule has 0 heterocycles. The second kappa shape index (κ2) is 14.5. The Morgan fingerprint density at radius 2 is 1.69 bits per heavy atom. The average molecular weight is 745 g/mol. The Kier molecular flexibility index (Phi) is 11.0. The van der Waals surface area contributed by atoms with Crippen LogP contribution in [0.25, 0.3) is 0 Å². The number of hydrogen-bond acceptors (Lipinski definition) is 6. The zero-order chi connectivity index (χ0) is 32.8. The highest BCUT2D eigenvalue weighted by Gasteiger charge is 2.35. The molecule has 0 unspecified atom stereocenters. The molecule has 0 fully saturated rings. The zero-order valence-corrected chi connectivity index (χ0v) is 27.1. The summed E-state index contributed by atoms with van der Waals surface area (Å²) in [5.74, 6) is -0.200. The number of hydrogen-bond donors (Lipinski definition) is 1. The summed E-state index contributed by atoms with van der Waals surface area (Å²) in [6.45, 7) is -0.728. The minimum Gasteiger partial charge on any atom is -0.493 e. The molecule has 15 heteroatoms. The molecule has 0 aliphatic heterocycles. The number of anilines is 1. The predicted octanol–water partition coefficient (Wildman–Crippen LogP) is 7.71. The lowest BCUT2D eigenvalue weighted by atomic mass is 10.2. The normalized spacial score (nSPS) is 11.8. The molecule has 4 rings (SSSR count). The van der Waals surface area contributed by atoms with Crippen LogP contribution in [-0.4, -0.2) is 34.2 Å². The van der Waals surface area contributed by atoms with Crippen molar-refractivity contribution in [3.8, 4) is 11.5 Å². The molecule has 0 saturated heterocycles. The van der Waals surface area contributed by atoms with Gasteiger partial charge in [-0.2, -0.15) is 18.3 Å². The van der Waals surface area contributed by atoms with E-state index in [4.69, 9.17) is 32.7 Å². The second-order valence-corrected chi connectivity index (χ2v) is 12.7. The molecular formula is C30H23BrCl2F3N3O5S. The van der Waals surface area contributed by atoms with Crippen LogP contribution in [0.4, 0.5) is 18.9 Å². The van der Waals surface area contributed by atoms with Crippen molar-refractivity contribution in [2.24, 2.45) is 5.10 Å². The first-order valence-electron chi connectivity index (χ1n) is 12.8. The number of ether oxygens (including phenoxy) is 2. The van der Waals surface area contributed by atoms with Gasteiger partial charge in [0, 0.05) is 10.6 Å². The van der Waals surface area contributed by atoms with Crippen molar-refractivity contribution in [2.45, 2.75) is 17.7 Å². The van der Waals surface area contributed by atoms with Gasteiger partial charge in [0.05, 0.1) is 39.0 Å². The summed E-state index contributed by atoms with van der Waals surface area (Å²) in [4.78, 5) is 12.7. The summed E-state index contributed by atoms with van der Waals surface area (Å²) in [5.41, 5.74) is 1.76. The Labute approximate surface area is 275 Å². The highest BCUT2D eigenvalue weighted by atomic mass is 79.9. The molecule has 0 radical (unpaired) electrons. The third-order valence-electron chi connectivity index (χ3n) is 6.15. The predicted molar refractivity (Wildman–Crippen MR) is 170 cm³/mol. The fraction of sp³-hybridized carbons (Fsp3) is 0.133. The van der Waals surface area contributed by atoms with Gasteiger partial charge in [-0.25, -0.2) is 13.8 Å². The smallest absolute Gasteiger partial charge is 0.417 e. The quantitative estimate of drug-likeness (QED) is 0.125. The molecule has 45 heavy (non-hydrogen) atoms. The minimum atomic E-state index is -4.87. The lowest BCUT2D eigenvalue weighted by Gasteiger charge is -2.24. The number of benzene rings is 4. The van der Waals surface area contributed by atoms with Crippen LogP contribution in [0, 0.1) is 0 Å². The third-order valence-corrected chi connectivity index (χ3v) is 9.22. The molecule has 0 aliphatic rings. The van der Waals surface area contributed by atoms with Crippen LogP contribution in [-0.2, 0) is 27.6 Å². The van der Waals surface area contributed by atoms with E-state index >= 15 is 0 Å². The van der Waals surface area contributed by atoms with Gasteiger partial charge in [-0.1, -0.05) is 59.6 Å².